The average molecular weight is 337 g/mol. The molecular weight excluding hydrogens is 322 g/mol. The number of carbonyl (C=O) groups is 1. The molecule has 3 rings (SSSR count). The third-order valence-corrected chi connectivity index (χ3v) is 4.60. The Balaban J connectivity index is 1.87. The fraction of sp³-hybridized carbons (Fsp3) is 0.176. The summed E-state index contributed by atoms with van der Waals surface area (Å²) in [6.07, 6.45) is 3.25. The number of rotatable bonds is 4. The van der Waals surface area contributed by atoms with Crippen molar-refractivity contribution >= 4 is 28.9 Å². The summed E-state index contributed by atoms with van der Waals surface area (Å²) in [4.78, 5) is 24.5. The predicted octanol–water partition coefficient (Wildman–Crippen LogP) is 2.46. The Labute approximate surface area is 144 Å². The molecule has 0 aliphatic carbocycles. The lowest BCUT2D eigenvalue weighted by molar-refractivity contribution is -0.112. The summed E-state index contributed by atoms with van der Waals surface area (Å²) in [6.45, 7) is 0. The first-order chi connectivity index (χ1) is 11.6. The SMILES string of the molecule is CN1C(=C(C#N)C(=O)CSc2ncccn2)N(C)c2ccccc21. The molecule has 1 aliphatic heterocycles. The summed E-state index contributed by atoms with van der Waals surface area (Å²) in [5.41, 5.74) is 2.07. The van der Waals surface area contributed by atoms with E-state index in [1.807, 2.05) is 48.2 Å². The third kappa shape index (κ3) is 2.84. The van der Waals surface area contributed by atoms with E-state index in [0.717, 1.165) is 11.4 Å². The lowest BCUT2D eigenvalue weighted by atomic mass is 10.2. The standard InChI is InChI=1S/C17H15N5OS/c1-21-13-6-3-4-7-14(13)22(2)16(21)12(10-18)15(23)11-24-17-19-8-5-9-20-17/h3-9H,11H2,1-2H3. The number of aromatic nitrogens is 2. The summed E-state index contributed by atoms with van der Waals surface area (Å²) >= 11 is 1.22. The molecule has 1 aromatic carbocycles. The van der Waals surface area contributed by atoms with Crippen molar-refractivity contribution in [1.29, 1.82) is 5.26 Å². The monoisotopic (exact) mass is 337 g/mol. The number of allylic oxidation sites excluding steroid dienone is 1. The number of carbonyl (C=O) groups excluding carboxylic acids is 1. The Hall–Kier alpha value is -2.85. The van der Waals surface area contributed by atoms with Crippen molar-refractivity contribution in [2.45, 2.75) is 5.16 Å². The Morgan fingerprint density at radius 1 is 1.12 bits per heavy atom. The number of benzene rings is 1. The second-order valence-electron chi connectivity index (χ2n) is 5.16. The van der Waals surface area contributed by atoms with E-state index >= 15 is 0 Å². The van der Waals surface area contributed by atoms with Crippen LogP contribution in [-0.2, 0) is 4.79 Å². The second-order valence-corrected chi connectivity index (χ2v) is 6.10. The van der Waals surface area contributed by atoms with Crippen molar-refractivity contribution in [3.63, 3.8) is 0 Å². The van der Waals surface area contributed by atoms with Crippen molar-refractivity contribution in [2.75, 3.05) is 29.6 Å². The predicted molar refractivity (Wildman–Crippen MR) is 93.7 cm³/mol. The molecule has 0 atom stereocenters. The number of Topliss-reactive ketones (excluding diaryl/α,β-unsaturated/α-hetero) is 1. The number of hydrogen-bond donors (Lipinski definition) is 0. The van der Waals surface area contributed by atoms with E-state index in [2.05, 4.69) is 16.0 Å². The topological polar surface area (TPSA) is 73.1 Å². The van der Waals surface area contributed by atoms with Crippen LogP contribution < -0.4 is 9.80 Å². The minimum absolute atomic E-state index is 0.119. The molecule has 0 saturated heterocycles. The van der Waals surface area contributed by atoms with Crippen molar-refractivity contribution in [3.05, 3.63) is 54.1 Å². The molecule has 1 aromatic heterocycles. The second kappa shape index (κ2) is 6.72. The molecule has 1 aliphatic rings. The van der Waals surface area contributed by atoms with E-state index in [1.54, 1.807) is 18.5 Å². The van der Waals surface area contributed by atoms with Gasteiger partial charge in [-0.2, -0.15) is 5.26 Å². The van der Waals surface area contributed by atoms with Crippen molar-refractivity contribution < 1.29 is 4.79 Å². The maximum absolute atomic E-state index is 12.6. The molecule has 0 radical (unpaired) electrons. The lowest BCUT2D eigenvalue weighted by Crippen LogP contribution is -2.26. The molecular formula is C17H15N5OS. The quantitative estimate of drug-likeness (QED) is 0.367. The number of thioether (sulfide) groups is 1. The maximum Gasteiger partial charge on any atom is 0.187 e. The van der Waals surface area contributed by atoms with Gasteiger partial charge in [0.15, 0.2) is 10.9 Å². The minimum Gasteiger partial charge on any atom is -0.328 e. The fourth-order valence-electron chi connectivity index (χ4n) is 2.62. The van der Waals surface area contributed by atoms with Crippen LogP contribution >= 0.6 is 11.8 Å². The van der Waals surface area contributed by atoms with Crippen LogP contribution in [0.15, 0.2) is 59.3 Å². The Kier molecular flexibility index (Phi) is 4.49. The van der Waals surface area contributed by atoms with Gasteiger partial charge in [-0.1, -0.05) is 23.9 Å². The van der Waals surface area contributed by atoms with Gasteiger partial charge in [0.1, 0.15) is 17.5 Å². The van der Waals surface area contributed by atoms with Gasteiger partial charge in [0, 0.05) is 26.5 Å². The zero-order valence-electron chi connectivity index (χ0n) is 13.3. The highest BCUT2D eigenvalue weighted by Gasteiger charge is 2.31. The number of hydrogen-bond acceptors (Lipinski definition) is 7. The summed E-state index contributed by atoms with van der Waals surface area (Å²) in [7, 11) is 3.71. The molecule has 2 aromatic rings. The van der Waals surface area contributed by atoms with Crippen LogP contribution in [0.5, 0.6) is 0 Å². The first kappa shape index (κ1) is 16.0. The zero-order chi connectivity index (χ0) is 17.1. The number of ketones is 1. The van der Waals surface area contributed by atoms with Crippen molar-refractivity contribution in [2.24, 2.45) is 0 Å². The molecule has 2 heterocycles. The van der Waals surface area contributed by atoms with Gasteiger partial charge in [0.25, 0.3) is 0 Å². The number of nitriles is 1. The van der Waals surface area contributed by atoms with Crippen LogP contribution in [0.2, 0.25) is 0 Å². The van der Waals surface area contributed by atoms with E-state index < -0.39 is 0 Å². The van der Waals surface area contributed by atoms with Crippen molar-refractivity contribution in [3.8, 4) is 6.07 Å². The molecule has 0 unspecified atom stereocenters. The fourth-order valence-corrected chi connectivity index (χ4v) is 3.29. The maximum atomic E-state index is 12.6. The van der Waals surface area contributed by atoms with Gasteiger partial charge in [-0.25, -0.2) is 9.97 Å². The van der Waals surface area contributed by atoms with Gasteiger partial charge in [-0.3, -0.25) is 4.79 Å². The van der Waals surface area contributed by atoms with Crippen LogP contribution in [0.25, 0.3) is 0 Å². The molecule has 6 nitrogen and oxygen atoms in total. The highest BCUT2D eigenvalue weighted by Crippen LogP contribution is 2.40. The van der Waals surface area contributed by atoms with Crippen molar-refractivity contribution in [1.82, 2.24) is 9.97 Å². The first-order valence-corrected chi connectivity index (χ1v) is 8.26. The number of para-hydroxylation sites is 2. The normalized spacial score (nSPS) is 12.8. The largest absolute Gasteiger partial charge is 0.328 e. The van der Waals surface area contributed by atoms with Gasteiger partial charge < -0.3 is 9.80 Å². The lowest BCUT2D eigenvalue weighted by Gasteiger charge is -2.19. The summed E-state index contributed by atoms with van der Waals surface area (Å²) in [6, 6.07) is 11.6. The molecule has 0 amide bonds. The number of nitrogens with zero attached hydrogens (tertiary/aromatic N) is 5. The Bertz CT molecular complexity index is 813. The van der Waals surface area contributed by atoms with Gasteiger partial charge in [0.05, 0.1) is 17.1 Å². The minimum atomic E-state index is -0.239. The Morgan fingerprint density at radius 2 is 1.71 bits per heavy atom. The molecule has 0 fully saturated rings. The average Bonchev–Trinajstić information content (AvgIpc) is 2.87. The van der Waals surface area contributed by atoms with E-state index in [1.165, 1.54) is 11.8 Å². The summed E-state index contributed by atoms with van der Waals surface area (Å²) in [5, 5.41) is 10.1. The molecule has 0 N–H and O–H groups in total. The third-order valence-electron chi connectivity index (χ3n) is 3.73. The summed E-state index contributed by atoms with van der Waals surface area (Å²) in [5.74, 6) is 0.476. The molecule has 0 saturated carbocycles. The summed E-state index contributed by atoms with van der Waals surface area (Å²) < 4.78 is 0. The van der Waals surface area contributed by atoms with E-state index in [4.69, 9.17) is 0 Å². The van der Waals surface area contributed by atoms with Gasteiger partial charge in [-0.15, -0.1) is 0 Å². The zero-order valence-corrected chi connectivity index (χ0v) is 14.1. The Morgan fingerprint density at radius 3 is 2.25 bits per heavy atom. The molecule has 120 valence electrons. The molecule has 7 heteroatoms. The highest BCUT2D eigenvalue weighted by molar-refractivity contribution is 7.99. The smallest absolute Gasteiger partial charge is 0.187 e. The van der Waals surface area contributed by atoms with E-state index in [9.17, 15) is 10.1 Å². The number of anilines is 2. The highest BCUT2D eigenvalue weighted by atomic mass is 32.2. The first-order valence-electron chi connectivity index (χ1n) is 7.27. The van der Waals surface area contributed by atoms with Crippen LogP contribution in [0.3, 0.4) is 0 Å². The molecule has 0 spiro atoms. The van der Waals surface area contributed by atoms with Gasteiger partial charge in [-0.05, 0) is 18.2 Å². The van der Waals surface area contributed by atoms with Crippen LogP contribution in [0.4, 0.5) is 11.4 Å². The van der Waals surface area contributed by atoms with Gasteiger partial charge >= 0.3 is 0 Å². The molecule has 24 heavy (non-hydrogen) atoms. The molecule has 0 bridgehead atoms. The van der Waals surface area contributed by atoms with Crippen LogP contribution in [0, 0.1) is 11.3 Å². The number of fused-ring (bicyclic) bond motifs is 1. The van der Waals surface area contributed by atoms with Crippen LogP contribution in [-0.4, -0.2) is 35.6 Å². The van der Waals surface area contributed by atoms with E-state index in [-0.39, 0.29) is 17.1 Å². The van der Waals surface area contributed by atoms with E-state index in [0.29, 0.717) is 11.0 Å². The van der Waals surface area contributed by atoms with Gasteiger partial charge in [0.2, 0.25) is 0 Å². The van der Waals surface area contributed by atoms with Crippen LogP contribution in [0.1, 0.15) is 0 Å².